The molecule has 0 unspecified atom stereocenters. The molecule has 0 saturated carbocycles. The standard InChI is InChI=1S/C10H15NO2/c1-3-4-5-6-9(7-8-11)10(12)13-2/h7H,3-6H2,1-2H3. The molecular weight excluding hydrogens is 166 g/mol. The first-order valence-corrected chi connectivity index (χ1v) is 4.43. The Bertz CT molecular complexity index is 226. The summed E-state index contributed by atoms with van der Waals surface area (Å²) in [5.41, 5.74) is 0.471. The van der Waals surface area contributed by atoms with Crippen LogP contribution in [0.15, 0.2) is 11.6 Å². The predicted molar refractivity (Wildman–Crippen MR) is 49.9 cm³/mol. The van der Waals surface area contributed by atoms with Crippen molar-refractivity contribution in [1.82, 2.24) is 0 Å². The van der Waals surface area contributed by atoms with E-state index in [9.17, 15) is 4.79 Å². The number of esters is 1. The number of allylic oxidation sites excluding steroid dienone is 1. The Morgan fingerprint density at radius 3 is 2.69 bits per heavy atom. The van der Waals surface area contributed by atoms with Gasteiger partial charge in [0.15, 0.2) is 0 Å². The number of hydrogen-bond acceptors (Lipinski definition) is 3. The molecule has 3 nitrogen and oxygen atoms in total. The van der Waals surface area contributed by atoms with Crippen LogP contribution in [-0.4, -0.2) is 13.1 Å². The van der Waals surface area contributed by atoms with Crippen molar-refractivity contribution in [2.75, 3.05) is 7.11 Å². The van der Waals surface area contributed by atoms with Crippen LogP contribution in [0.5, 0.6) is 0 Å². The van der Waals surface area contributed by atoms with Gasteiger partial charge < -0.3 is 4.74 Å². The van der Waals surface area contributed by atoms with E-state index in [0.717, 1.165) is 19.3 Å². The number of carbonyl (C=O) groups is 1. The Morgan fingerprint density at radius 2 is 2.23 bits per heavy atom. The lowest BCUT2D eigenvalue weighted by Gasteiger charge is -2.02. The number of hydrogen-bond donors (Lipinski definition) is 0. The summed E-state index contributed by atoms with van der Waals surface area (Å²) in [6, 6.07) is 1.85. The molecule has 0 saturated heterocycles. The fourth-order valence-corrected chi connectivity index (χ4v) is 1.01. The molecule has 0 amide bonds. The Kier molecular flexibility index (Phi) is 6.62. The van der Waals surface area contributed by atoms with Crippen LogP contribution in [0.2, 0.25) is 0 Å². The maximum atomic E-state index is 11.1. The Balaban J connectivity index is 4.06. The maximum Gasteiger partial charge on any atom is 0.334 e. The highest BCUT2D eigenvalue weighted by Crippen LogP contribution is 2.09. The minimum absolute atomic E-state index is 0.391. The Morgan fingerprint density at radius 1 is 1.54 bits per heavy atom. The van der Waals surface area contributed by atoms with Crippen molar-refractivity contribution in [1.29, 1.82) is 5.26 Å². The fourth-order valence-electron chi connectivity index (χ4n) is 1.01. The van der Waals surface area contributed by atoms with Crippen molar-refractivity contribution < 1.29 is 9.53 Å². The quantitative estimate of drug-likeness (QED) is 0.283. The van der Waals surface area contributed by atoms with Gasteiger partial charge in [0, 0.05) is 11.6 Å². The van der Waals surface area contributed by atoms with Crippen molar-refractivity contribution in [3.63, 3.8) is 0 Å². The highest BCUT2D eigenvalue weighted by atomic mass is 16.5. The molecule has 13 heavy (non-hydrogen) atoms. The van der Waals surface area contributed by atoms with Crippen molar-refractivity contribution in [3.8, 4) is 6.07 Å². The number of methoxy groups -OCH3 is 1. The second kappa shape index (κ2) is 7.35. The van der Waals surface area contributed by atoms with E-state index in [1.54, 1.807) is 0 Å². The second-order valence-corrected chi connectivity index (χ2v) is 2.75. The van der Waals surface area contributed by atoms with E-state index in [0.29, 0.717) is 12.0 Å². The van der Waals surface area contributed by atoms with Crippen molar-refractivity contribution in [2.45, 2.75) is 32.6 Å². The van der Waals surface area contributed by atoms with Gasteiger partial charge >= 0.3 is 5.97 Å². The van der Waals surface area contributed by atoms with E-state index in [2.05, 4.69) is 11.7 Å². The highest BCUT2D eigenvalue weighted by molar-refractivity contribution is 5.88. The maximum absolute atomic E-state index is 11.1. The van der Waals surface area contributed by atoms with E-state index in [1.165, 1.54) is 13.2 Å². The Hall–Kier alpha value is -1.30. The van der Waals surface area contributed by atoms with Gasteiger partial charge in [0.1, 0.15) is 0 Å². The smallest absolute Gasteiger partial charge is 0.334 e. The zero-order valence-corrected chi connectivity index (χ0v) is 8.17. The first-order valence-electron chi connectivity index (χ1n) is 4.43. The van der Waals surface area contributed by atoms with Gasteiger partial charge in [-0.05, 0) is 12.8 Å². The average Bonchev–Trinajstić information content (AvgIpc) is 2.16. The summed E-state index contributed by atoms with van der Waals surface area (Å²) in [6.07, 6.45) is 5.00. The van der Waals surface area contributed by atoms with Crippen molar-refractivity contribution in [3.05, 3.63) is 11.6 Å². The van der Waals surface area contributed by atoms with Gasteiger partial charge in [0.05, 0.1) is 13.2 Å². The molecule has 0 radical (unpaired) electrons. The second-order valence-electron chi connectivity index (χ2n) is 2.75. The molecule has 0 fully saturated rings. The van der Waals surface area contributed by atoms with Crippen LogP contribution >= 0.6 is 0 Å². The van der Waals surface area contributed by atoms with Gasteiger partial charge in [-0.3, -0.25) is 0 Å². The molecule has 0 rings (SSSR count). The molecule has 0 aliphatic heterocycles. The SMILES string of the molecule is CCCCCC(=CC#N)C(=O)OC. The van der Waals surface area contributed by atoms with Crippen LogP contribution in [-0.2, 0) is 9.53 Å². The molecule has 0 aliphatic carbocycles. The first kappa shape index (κ1) is 11.7. The van der Waals surface area contributed by atoms with E-state index >= 15 is 0 Å². The topological polar surface area (TPSA) is 50.1 Å². The molecule has 72 valence electrons. The molecule has 0 bridgehead atoms. The van der Waals surface area contributed by atoms with Gasteiger partial charge in [-0.25, -0.2) is 4.79 Å². The molecule has 0 aromatic heterocycles. The summed E-state index contributed by atoms with van der Waals surface area (Å²) in [5.74, 6) is -0.391. The highest BCUT2D eigenvalue weighted by Gasteiger charge is 2.07. The molecule has 0 aromatic carbocycles. The third kappa shape index (κ3) is 5.02. The number of rotatable bonds is 5. The monoisotopic (exact) mass is 181 g/mol. The molecule has 0 heterocycles. The fraction of sp³-hybridized carbons (Fsp3) is 0.600. The van der Waals surface area contributed by atoms with Gasteiger partial charge in [0.2, 0.25) is 0 Å². The number of unbranched alkanes of at least 4 members (excludes halogenated alkanes) is 2. The molecular formula is C10H15NO2. The molecule has 0 N–H and O–H groups in total. The number of nitrogens with zero attached hydrogens (tertiary/aromatic N) is 1. The summed E-state index contributed by atoms with van der Waals surface area (Å²) >= 11 is 0. The van der Waals surface area contributed by atoms with Gasteiger partial charge in [-0.1, -0.05) is 19.8 Å². The third-order valence-corrected chi connectivity index (χ3v) is 1.74. The average molecular weight is 181 g/mol. The largest absolute Gasteiger partial charge is 0.466 e. The van der Waals surface area contributed by atoms with Crippen LogP contribution in [0.25, 0.3) is 0 Å². The summed E-state index contributed by atoms with van der Waals surface area (Å²) < 4.78 is 4.54. The van der Waals surface area contributed by atoms with Crippen LogP contribution in [0.1, 0.15) is 32.6 Å². The van der Waals surface area contributed by atoms with E-state index in [1.807, 2.05) is 6.07 Å². The lowest BCUT2D eigenvalue weighted by atomic mass is 10.1. The number of ether oxygens (including phenoxy) is 1. The lowest BCUT2D eigenvalue weighted by molar-refractivity contribution is -0.136. The van der Waals surface area contributed by atoms with Crippen molar-refractivity contribution >= 4 is 5.97 Å². The molecule has 0 spiro atoms. The van der Waals surface area contributed by atoms with Gasteiger partial charge in [-0.2, -0.15) is 5.26 Å². The zero-order chi connectivity index (χ0) is 10.1. The molecule has 3 heteroatoms. The summed E-state index contributed by atoms with van der Waals surface area (Å²) in [7, 11) is 1.33. The minimum atomic E-state index is -0.391. The molecule has 0 aromatic rings. The van der Waals surface area contributed by atoms with E-state index in [4.69, 9.17) is 5.26 Å². The molecule has 0 aliphatic rings. The van der Waals surface area contributed by atoms with Crippen LogP contribution in [0.3, 0.4) is 0 Å². The third-order valence-electron chi connectivity index (χ3n) is 1.74. The summed E-state index contributed by atoms with van der Waals surface area (Å²) in [6.45, 7) is 2.09. The van der Waals surface area contributed by atoms with Crippen molar-refractivity contribution in [2.24, 2.45) is 0 Å². The normalized spacial score (nSPS) is 10.7. The lowest BCUT2D eigenvalue weighted by Crippen LogP contribution is -2.04. The van der Waals surface area contributed by atoms with Crippen LogP contribution < -0.4 is 0 Å². The summed E-state index contributed by atoms with van der Waals surface area (Å²) in [5, 5.41) is 8.40. The number of nitriles is 1. The first-order chi connectivity index (χ1) is 6.26. The predicted octanol–water partition coefficient (Wildman–Crippen LogP) is 2.19. The molecule has 0 atom stereocenters. The van der Waals surface area contributed by atoms with Crippen LogP contribution in [0, 0.1) is 11.3 Å². The Labute approximate surface area is 79.0 Å². The van der Waals surface area contributed by atoms with Gasteiger partial charge in [0.25, 0.3) is 0 Å². The van der Waals surface area contributed by atoms with Gasteiger partial charge in [-0.15, -0.1) is 0 Å². The minimum Gasteiger partial charge on any atom is -0.466 e. The zero-order valence-electron chi connectivity index (χ0n) is 8.17. The van der Waals surface area contributed by atoms with Crippen LogP contribution in [0.4, 0.5) is 0 Å². The number of carbonyl (C=O) groups excluding carboxylic acids is 1. The van der Waals surface area contributed by atoms with E-state index in [-0.39, 0.29) is 0 Å². The summed E-state index contributed by atoms with van der Waals surface area (Å²) in [4.78, 5) is 11.1. The van der Waals surface area contributed by atoms with E-state index < -0.39 is 5.97 Å².